The number of carbonyl (C=O) groups excluding carboxylic acids is 1. The molecule has 72 valence electrons. The van der Waals surface area contributed by atoms with Crippen LogP contribution in [0, 0.1) is 0 Å². The van der Waals surface area contributed by atoms with Gasteiger partial charge in [0.2, 0.25) is 0 Å². The molecule has 0 saturated carbocycles. The normalized spacial score (nSPS) is 9.57. The minimum Gasteiger partial charge on any atom is -0.496 e. The van der Waals surface area contributed by atoms with Crippen molar-refractivity contribution in [1.82, 2.24) is 0 Å². The SMILES string of the molecule is [B]Cc1ccc(OC)c(C(=O)OC)c1. The summed E-state index contributed by atoms with van der Waals surface area (Å²) in [5, 5.41) is 0. The second-order valence-corrected chi connectivity index (χ2v) is 2.73. The third kappa shape index (κ3) is 2.07. The number of methoxy groups -OCH3 is 2. The van der Waals surface area contributed by atoms with Crippen LogP contribution in [0.1, 0.15) is 15.9 Å². The van der Waals surface area contributed by atoms with E-state index in [1.54, 1.807) is 12.1 Å². The lowest BCUT2D eigenvalue weighted by Gasteiger charge is -2.07. The van der Waals surface area contributed by atoms with Crippen LogP contribution in [0.15, 0.2) is 18.2 Å². The molecule has 3 nitrogen and oxygen atoms in total. The van der Waals surface area contributed by atoms with Gasteiger partial charge in [0.15, 0.2) is 0 Å². The van der Waals surface area contributed by atoms with E-state index in [9.17, 15) is 4.79 Å². The van der Waals surface area contributed by atoms with Gasteiger partial charge in [-0.3, -0.25) is 0 Å². The molecule has 14 heavy (non-hydrogen) atoms. The molecule has 0 aliphatic carbocycles. The monoisotopic (exact) mass is 190 g/mol. The molecule has 0 aromatic heterocycles. The minimum absolute atomic E-state index is 0.383. The van der Waals surface area contributed by atoms with Crippen molar-refractivity contribution in [2.75, 3.05) is 14.2 Å². The summed E-state index contributed by atoms with van der Waals surface area (Å²) in [6.45, 7) is 0. The third-order valence-corrected chi connectivity index (χ3v) is 1.90. The minimum atomic E-state index is -0.419. The molecule has 0 N–H and O–H groups in total. The summed E-state index contributed by atoms with van der Waals surface area (Å²) in [5.41, 5.74) is 1.27. The van der Waals surface area contributed by atoms with E-state index in [1.807, 2.05) is 6.07 Å². The first-order valence-corrected chi connectivity index (χ1v) is 4.18. The van der Waals surface area contributed by atoms with Crippen molar-refractivity contribution in [1.29, 1.82) is 0 Å². The Morgan fingerprint density at radius 2 is 2.14 bits per heavy atom. The standard InChI is InChI=1S/C10H11BO3/c1-13-9-4-3-7(6-11)5-8(9)10(12)14-2/h3-5H,6H2,1-2H3. The number of esters is 1. The van der Waals surface area contributed by atoms with Crippen molar-refractivity contribution in [3.63, 3.8) is 0 Å². The molecule has 2 radical (unpaired) electrons. The molecule has 1 aromatic rings. The maximum Gasteiger partial charge on any atom is 0.341 e. The molecule has 0 atom stereocenters. The Labute approximate surface area is 84.4 Å². The van der Waals surface area contributed by atoms with E-state index in [2.05, 4.69) is 4.74 Å². The molecular weight excluding hydrogens is 179 g/mol. The molecule has 0 spiro atoms. The van der Waals surface area contributed by atoms with Crippen molar-refractivity contribution in [3.8, 4) is 5.75 Å². The van der Waals surface area contributed by atoms with Gasteiger partial charge < -0.3 is 9.47 Å². The Balaban J connectivity index is 3.14. The highest BCUT2D eigenvalue weighted by Gasteiger charge is 2.12. The summed E-state index contributed by atoms with van der Waals surface area (Å²) in [6, 6.07) is 5.18. The first-order valence-electron chi connectivity index (χ1n) is 4.18. The van der Waals surface area contributed by atoms with Crippen LogP contribution >= 0.6 is 0 Å². The third-order valence-electron chi connectivity index (χ3n) is 1.90. The number of benzene rings is 1. The highest BCUT2D eigenvalue weighted by Crippen LogP contribution is 2.20. The molecule has 1 rings (SSSR count). The number of hydrogen-bond acceptors (Lipinski definition) is 3. The predicted molar refractivity (Wildman–Crippen MR) is 53.8 cm³/mol. The van der Waals surface area contributed by atoms with Crippen molar-refractivity contribution in [3.05, 3.63) is 29.3 Å². The zero-order valence-electron chi connectivity index (χ0n) is 8.24. The highest BCUT2D eigenvalue weighted by molar-refractivity contribution is 6.08. The number of rotatable bonds is 3. The van der Waals surface area contributed by atoms with Gasteiger partial charge in [-0.15, -0.1) is 0 Å². The molecule has 0 unspecified atom stereocenters. The van der Waals surface area contributed by atoms with Gasteiger partial charge >= 0.3 is 5.97 Å². The van der Waals surface area contributed by atoms with E-state index in [0.29, 0.717) is 17.6 Å². The lowest BCUT2D eigenvalue weighted by Crippen LogP contribution is -2.05. The summed E-state index contributed by atoms with van der Waals surface area (Å²) < 4.78 is 9.64. The van der Waals surface area contributed by atoms with Gasteiger partial charge in [-0.2, -0.15) is 0 Å². The molecule has 0 aliphatic heterocycles. The van der Waals surface area contributed by atoms with Gasteiger partial charge in [0.25, 0.3) is 0 Å². The van der Waals surface area contributed by atoms with Crippen molar-refractivity contribution in [2.45, 2.75) is 6.32 Å². The molecule has 0 saturated heterocycles. The smallest absolute Gasteiger partial charge is 0.341 e. The van der Waals surface area contributed by atoms with E-state index in [4.69, 9.17) is 12.6 Å². The van der Waals surface area contributed by atoms with E-state index >= 15 is 0 Å². The lowest BCUT2D eigenvalue weighted by molar-refractivity contribution is 0.0597. The van der Waals surface area contributed by atoms with E-state index in [-0.39, 0.29) is 0 Å². The molecule has 0 bridgehead atoms. The van der Waals surface area contributed by atoms with Gasteiger partial charge in [0.05, 0.1) is 22.1 Å². The van der Waals surface area contributed by atoms with Gasteiger partial charge in [-0.25, -0.2) is 4.79 Å². The van der Waals surface area contributed by atoms with E-state index in [0.717, 1.165) is 5.56 Å². The number of carbonyl (C=O) groups is 1. The quantitative estimate of drug-likeness (QED) is 0.529. The Hall–Kier alpha value is -1.45. The van der Waals surface area contributed by atoms with Gasteiger partial charge in [-0.05, 0) is 12.1 Å². The Morgan fingerprint density at radius 3 is 2.64 bits per heavy atom. The van der Waals surface area contributed by atoms with Crippen LogP contribution < -0.4 is 4.74 Å². The van der Waals surface area contributed by atoms with Gasteiger partial charge in [0, 0.05) is 0 Å². The van der Waals surface area contributed by atoms with Crippen molar-refractivity contribution >= 4 is 13.8 Å². The summed E-state index contributed by atoms with van der Waals surface area (Å²) in [6.07, 6.45) is 0.383. The van der Waals surface area contributed by atoms with Crippen LogP contribution in [0.4, 0.5) is 0 Å². The zero-order chi connectivity index (χ0) is 10.6. The molecule has 1 aromatic carbocycles. The van der Waals surface area contributed by atoms with Crippen LogP contribution in [0.2, 0.25) is 0 Å². The molecule has 0 amide bonds. The van der Waals surface area contributed by atoms with Crippen molar-refractivity contribution < 1.29 is 14.3 Å². The van der Waals surface area contributed by atoms with Crippen LogP contribution in [0.3, 0.4) is 0 Å². The first-order chi connectivity index (χ1) is 6.72. The topological polar surface area (TPSA) is 35.5 Å². The maximum absolute atomic E-state index is 11.3. The second-order valence-electron chi connectivity index (χ2n) is 2.73. The molecule has 0 fully saturated rings. The summed E-state index contributed by atoms with van der Waals surface area (Å²) >= 11 is 0. The lowest BCUT2D eigenvalue weighted by atomic mass is 9.95. The van der Waals surface area contributed by atoms with Crippen LogP contribution in [0.25, 0.3) is 0 Å². The average molecular weight is 190 g/mol. The Bertz CT molecular complexity index is 336. The fraction of sp³-hybridized carbons (Fsp3) is 0.300. The number of hydrogen-bond donors (Lipinski definition) is 0. The zero-order valence-corrected chi connectivity index (χ0v) is 8.24. The maximum atomic E-state index is 11.3. The van der Waals surface area contributed by atoms with Gasteiger partial charge in [-0.1, -0.05) is 17.9 Å². The van der Waals surface area contributed by atoms with Crippen LogP contribution in [-0.4, -0.2) is 28.0 Å². The first kappa shape index (κ1) is 10.6. The highest BCUT2D eigenvalue weighted by atomic mass is 16.5. The van der Waals surface area contributed by atoms with Gasteiger partial charge in [0.1, 0.15) is 11.3 Å². The second kappa shape index (κ2) is 4.70. The predicted octanol–water partition coefficient (Wildman–Crippen LogP) is 1.15. The summed E-state index contributed by atoms with van der Waals surface area (Å²) in [4.78, 5) is 11.3. The molecular formula is C10H11BO3. The largest absolute Gasteiger partial charge is 0.496 e. The summed E-state index contributed by atoms with van der Waals surface area (Å²) in [5.74, 6) is 0.0752. The Kier molecular flexibility index (Phi) is 3.57. The van der Waals surface area contributed by atoms with Crippen LogP contribution in [0.5, 0.6) is 5.75 Å². The Morgan fingerprint density at radius 1 is 1.43 bits per heavy atom. The number of ether oxygens (including phenoxy) is 2. The molecule has 4 heteroatoms. The average Bonchev–Trinajstić information content (AvgIpc) is 2.27. The fourth-order valence-electron chi connectivity index (χ4n) is 1.15. The molecule has 0 aliphatic rings. The fourth-order valence-corrected chi connectivity index (χ4v) is 1.15. The summed E-state index contributed by atoms with van der Waals surface area (Å²) in [7, 11) is 8.29. The molecule has 0 heterocycles. The van der Waals surface area contributed by atoms with Crippen LogP contribution in [-0.2, 0) is 11.1 Å². The van der Waals surface area contributed by atoms with Crippen molar-refractivity contribution in [2.24, 2.45) is 0 Å². The van der Waals surface area contributed by atoms with E-state index < -0.39 is 5.97 Å². The van der Waals surface area contributed by atoms with E-state index in [1.165, 1.54) is 14.2 Å².